The van der Waals surface area contributed by atoms with Gasteiger partial charge in [-0.25, -0.2) is 0 Å². The number of ketones is 1. The summed E-state index contributed by atoms with van der Waals surface area (Å²) in [5, 5.41) is 3.12. The topological polar surface area (TPSA) is 56.8 Å². The maximum Gasteiger partial charge on any atom is 0.181 e. The van der Waals surface area contributed by atoms with Crippen molar-refractivity contribution in [2.45, 2.75) is 6.92 Å². The Balaban J connectivity index is 2.08. The molecule has 0 saturated carbocycles. The molecule has 2 aromatic carbocycles. The minimum Gasteiger partial charge on any atom is -0.493 e. The number of methoxy groups -OCH3 is 2. The summed E-state index contributed by atoms with van der Waals surface area (Å²) >= 11 is 0. The zero-order valence-electron chi connectivity index (χ0n) is 13.6. The molecule has 0 aliphatic carbocycles. The Hall–Kier alpha value is -2.69. The van der Waals surface area contributed by atoms with Crippen molar-refractivity contribution in [2.75, 3.05) is 32.7 Å². The molecule has 0 bridgehead atoms. The Bertz CT molecular complexity index is 670. The van der Waals surface area contributed by atoms with Gasteiger partial charge in [-0.05, 0) is 37.3 Å². The van der Waals surface area contributed by atoms with Crippen molar-refractivity contribution in [2.24, 2.45) is 0 Å². The molecule has 0 aliphatic rings. The Labute approximate surface area is 136 Å². The second-order valence-electron chi connectivity index (χ2n) is 4.78. The monoisotopic (exact) mass is 315 g/mol. The Morgan fingerprint density at radius 3 is 2.43 bits per heavy atom. The van der Waals surface area contributed by atoms with E-state index in [-0.39, 0.29) is 12.3 Å². The molecule has 0 saturated heterocycles. The summed E-state index contributed by atoms with van der Waals surface area (Å²) in [6, 6.07) is 12.7. The fourth-order valence-corrected chi connectivity index (χ4v) is 2.18. The Morgan fingerprint density at radius 1 is 1.00 bits per heavy atom. The molecule has 0 radical (unpaired) electrons. The lowest BCUT2D eigenvalue weighted by molar-refractivity contribution is 0.101. The van der Waals surface area contributed by atoms with E-state index in [1.807, 2.05) is 31.2 Å². The summed E-state index contributed by atoms with van der Waals surface area (Å²) < 4.78 is 15.9. The molecule has 0 atom stereocenters. The van der Waals surface area contributed by atoms with Gasteiger partial charge in [-0.2, -0.15) is 0 Å². The van der Waals surface area contributed by atoms with E-state index in [1.165, 1.54) is 0 Å². The number of anilines is 1. The van der Waals surface area contributed by atoms with Gasteiger partial charge >= 0.3 is 0 Å². The summed E-state index contributed by atoms with van der Waals surface area (Å²) in [6.07, 6.45) is 0. The van der Waals surface area contributed by atoms with Gasteiger partial charge < -0.3 is 19.5 Å². The third-order valence-electron chi connectivity index (χ3n) is 3.33. The molecule has 23 heavy (non-hydrogen) atoms. The van der Waals surface area contributed by atoms with Crippen molar-refractivity contribution in [3.63, 3.8) is 0 Å². The first-order chi connectivity index (χ1) is 11.2. The van der Waals surface area contributed by atoms with Crippen molar-refractivity contribution >= 4 is 11.5 Å². The number of para-hydroxylation sites is 2. The van der Waals surface area contributed by atoms with Crippen LogP contribution < -0.4 is 19.5 Å². The lowest BCUT2D eigenvalue weighted by atomic mass is 10.1. The molecule has 0 spiro atoms. The predicted molar refractivity (Wildman–Crippen MR) is 90.0 cm³/mol. The molecular formula is C18H21NO4. The Kier molecular flexibility index (Phi) is 5.86. The van der Waals surface area contributed by atoms with Gasteiger partial charge in [0.1, 0.15) is 5.75 Å². The van der Waals surface area contributed by atoms with Gasteiger partial charge in [-0.15, -0.1) is 0 Å². The van der Waals surface area contributed by atoms with E-state index in [0.717, 1.165) is 11.4 Å². The average molecular weight is 315 g/mol. The van der Waals surface area contributed by atoms with Crippen LogP contribution in [0.25, 0.3) is 0 Å². The van der Waals surface area contributed by atoms with E-state index < -0.39 is 0 Å². The van der Waals surface area contributed by atoms with Crippen LogP contribution in [0.3, 0.4) is 0 Å². The van der Waals surface area contributed by atoms with Gasteiger partial charge in [0.15, 0.2) is 17.3 Å². The minimum absolute atomic E-state index is 0.0442. The van der Waals surface area contributed by atoms with E-state index in [9.17, 15) is 4.79 Å². The maximum absolute atomic E-state index is 12.4. The third-order valence-corrected chi connectivity index (χ3v) is 3.33. The van der Waals surface area contributed by atoms with Crippen LogP contribution in [0.1, 0.15) is 17.3 Å². The van der Waals surface area contributed by atoms with E-state index in [2.05, 4.69) is 5.32 Å². The lowest BCUT2D eigenvalue weighted by Gasteiger charge is -2.12. The normalized spacial score (nSPS) is 10.0. The summed E-state index contributed by atoms with van der Waals surface area (Å²) in [6.45, 7) is 2.66. The van der Waals surface area contributed by atoms with Gasteiger partial charge in [-0.3, -0.25) is 4.79 Å². The van der Waals surface area contributed by atoms with Crippen LogP contribution in [0, 0.1) is 0 Å². The zero-order valence-corrected chi connectivity index (χ0v) is 13.6. The Morgan fingerprint density at radius 2 is 1.74 bits per heavy atom. The van der Waals surface area contributed by atoms with E-state index >= 15 is 0 Å². The number of rotatable bonds is 8. The highest BCUT2D eigenvalue weighted by Gasteiger charge is 2.11. The molecular weight excluding hydrogens is 294 g/mol. The first-order valence-electron chi connectivity index (χ1n) is 7.40. The molecule has 0 aromatic heterocycles. The molecule has 2 rings (SSSR count). The summed E-state index contributed by atoms with van der Waals surface area (Å²) in [5.74, 6) is 1.82. The van der Waals surface area contributed by atoms with Gasteiger partial charge in [-0.1, -0.05) is 12.1 Å². The molecule has 1 N–H and O–H groups in total. The van der Waals surface area contributed by atoms with Crippen LogP contribution in [-0.2, 0) is 0 Å². The van der Waals surface area contributed by atoms with E-state index in [1.54, 1.807) is 32.4 Å². The number of hydrogen-bond donors (Lipinski definition) is 1. The van der Waals surface area contributed by atoms with Gasteiger partial charge in [0, 0.05) is 5.56 Å². The molecule has 0 unspecified atom stereocenters. The van der Waals surface area contributed by atoms with Crippen LogP contribution in [-0.4, -0.2) is 33.2 Å². The zero-order chi connectivity index (χ0) is 16.7. The lowest BCUT2D eigenvalue weighted by Crippen LogP contribution is -2.14. The van der Waals surface area contributed by atoms with Crippen molar-refractivity contribution < 1.29 is 19.0 Å². The molecule has 0 amide bonds. The van der Waals surface area contributed by atoms with Crippen molar-refractivity contribution in [3.05, 3.63) is 48.0 Å². The fourth-order valence-electron chi connectivity index (χ4n) is 2.18. The highest BCUT2D eigenvalue weighted by atomic mass is 16.5. The van der Waals surface area contributed by atoms with Crippen LogP contribution >= 0.6 is 0 Å². The van der Waals surface area contributed by atoms with Crippen molar-refractivity contribution in [3.8, 4) is 17.2 Å². The largest absolute Gasteiger partial charge is 0.493 e. The molecule has 122 valence electrons. The van der Waals surface area contributed by atoms with Crippen molar-refractivity contribution in [1.29, 1.82) is 0 Å². The fraction of sp³-hybridized carbons (Fsp3) is 0.278. The SMILES string of the molecule is CCOc1ccccc1NCC(=O)c1ccc(OC)c(OC)c1. The van der Waals surface area contributed by atoms with Gasteiger partial charge in [0.25, 0.3) is 0 Å². The smallest absolute Gasteiger partial charge is 0.181 e. The van der Waals surface area contributed by atoms with Crippen LogP contribution in [0.5, 0.6) is 17.2 Å². The number of carbonyl (C=O) groups excluding carboxylic acids is 1. The van der Waals surface area contributed by atoms with Crippen molar-refractivity contribution in [1.82, 2.24) is 0 Å². The van der Waals surface area contributed by atoms with Crippen LogP contribution in [0.2, 0.25) is 0 Å². The average Bonchev–Trinajstić information content (AvgIpc) is 2.60. The highest BCUT2D eigenvalue weighted by molar-refractivity contribution is 5.99. The minimum atomic E-state index is -0.0442. The standard InChI is InChI=1S/C18H21NO4/c1-4-23-16-8-6-5-7-14(16)19-12-15(20)13-9-10-17(21-2)18(11-13)22-3/h5-11,19H,4,12H2,1-3H3. The van der Waals surface area contributed by atoms with E-state index in [4.69, 9.17) is 14.2 Å². The number of Topliss-reactive ketones (excluding diaryl/α,β-unsaturated/α-hetero) is 1. The van der Waals surface area contributed by atoms with Gasteiger partial charge in [0.05, 0.1) is 33.1 Å². The first kappa shape index (κ1) is 16.7. The quantitative estimate of drug-likeness (QED) is 0.757. The first-order valence-corrected chi connectivity index (χ1v) is 7.40. The molecule has 0 aliphatic heterocycles. The third kappa shape index (κ3) is 4.16. The second-order valence-corrected chi connectivity index (χ2v) is 4.78. The van der Waals surface area contributed by atoms with Crippen LogP contribution in [0.4, 0.5) is 5.69 Å². The molecule has 2 aromatic rings. The summed E-state index contributed by atoms with van der Waals surface area (Å²) in [7, 11) is 3.11. The maximum atomic E-state index is 12.4. The number of ether oxygens (including phenoxy) is 3. The molecule has 0 heterocycles. The molecule has 0 fully saturated rings. The molecule has 5 nitrogen and oxygen atoms in total. The molecule has 5 heteroatoms. The van der Waals surface area contributed by atoms with Crippen LogP contribution in [0.15, 0.2) is 42.5 Å². The number of benzene rings is 2. The summed E-state index contributed by atoms with van der Waals surface area (Å²) in [4.78, 5) is 12.4. The highest BCUT2D eigenvalue weighted by Crippen LogP contribution is 2.28. The predicted octanol–water partition coefficient (Wildman–Crippen LogP) is 3.40. The van der Waals surface area contributed by atoms with Gasteiger partial charge in [0.2, 0.25) is 0 Å². The summed E-state index contributed by atoms with van der Waals surface area (Å²) in [5.41, 5.74) is 1.35. The number of carbonyl (C=O) groups is 1. The number of hydrogen-bond acceptors (Lipinski definition) is 5. The number of nitrogens with one attached hydrogen (secondary N) is 1. The second kappa shape index (κ2) is 8.08. The van der Waals surface area contributed by atoms with E-state index in [0.29, 0.717) is 23.7 Å².